The van der Waals surface area contributed by atoms with Gasteiger partial charge in [0.05, 0.1) is 10.7 Å². The van der Waals surface area contributed by atoms with Crippen molar-refractivity contribution < 1.29 is 4.79 Å². The summed E-state index contributed by atoms with van der Waals surface area (Å²) in [6, 6.07) is 4.93. The minimum atomic E-state index is -1.80. The van der Waals surface area contributed by atoms with Crippen LogP contribution in [0.15, 0.2) is 18.2 Å². The summed E-state index contributed by atoms with van der Waals surface area (Å²) in [4.78, 5) is 12.4. The topological polar surface area (TPSA) is 53.2 Å². The zero-order valence-electron chi connectivity index (χ0n) is 20.4. The number of anilines is 1. The molecule has 0 aliphatic rings. The average molecular weight is 606 g/mol. The Balaban J connectivity index is 2.23. The van der Waals surface area contributed by atoms with Gasteiger partial charge >= 0.3 is 0 Å². The maximum atomic E-state index is 12.4. The number of amides is 1. The summed E-state index contributed by atoms with van der Waals surface area (Å²) in [6.45, 7) is 2.25. The van der Waals surface area contributed by atoms with Gasteiger partial charge in [-0.15, -0.1) is 0 Å². The Labute approximate surface area is 241 Å². The van der Waals surface area contributed by atoms with Crippen LogP contribution in [-0.4, -0.2) is 21.0 Å². The molecule has 0 saturated carbocycles. The molecule has 200 valence electrons. The molecular formula is C25H38Cl5N3OS. The lowest BCUT2D eigenvalue weighted by atomic mass is 10.0. The monoisotopic (exact) mass is 603 g/mol. The molecule has 0 saturated heterocycles. The standard InChI is InChI=1S/C25H38Cl5N3OS/c1-2-3-4-5-6-7-8-9-10-11-12-13-14-15-22(34)32-23(25(28,29)30)33-24(35)31-21-17-16-19(26)18-20(21)27/h16-18,23H,2-15H2,1H3,(H,32,34)(H2,31,33,35). The van der Waals surface area contributed by atoms with Gasteiger partial charge in [-0.2, -0.15) is 0 Å². The van der Waals surface area contributed by atoms with Gasteiger partial charge in [-0.05, 0) is 36.8 Å². The number of carbonyl (C=O) groups excluding carboxylic acids is 1. The second kappa shape index (κ2) is 19.0. The molecule has 0 fully saturated rings. The van der Waals surface area contributed by atoms with Crippen LogP contribution >= 0.6 is 70.2 Å². The van der Waals surface area contributed by atoms with Crippen LogP contribution in [0, 0.1) is 0 Å². The lowest BCUT2D eigenvalue weighted by molar-refractivity contribution is -0.122. The van der Waals surface area contributed by atoms with E-state index in [4.69, 9.17) is 70.2 Å². The van der Waals surface area contributed by atoms with Crippen LogP contribution in [0.25, 0.3) is 0 Å². The van der Waals surface area contributed by atoms with Crippen LogP contribution in [0.1, 0.15) is 96.8 Å². The van der Waals surface area contributed by atoms with Gasteiger partial charge in [-0.1, -0.05) is 142 Å². The fraction of sp³-hybridized carbons (Fsp3) is 0.680. The first-order chi connectivity index (χ1) is 16.6. The molecular weight excluding hydrogens is 568 g/mol. The SMILES string of the molecule is CCCCCCCCCCCCCCCC(=O)NC(NC(=S)Nc1ccc(Cl)cc1Cl)C(Cl)(Cl)Cl. The molecule has 4 nitrogen and oxygen atoms in total. The minimum absolute atomic E-state index is 0.145. The first kappa shape index (κ1) is 32.9. The molecule has 0 aromatic heterocycles. The average Bonchev–Trinajstić information content (AvgIpc) is 2.78. The third kappa shape index (κ3) is 16.3. The number of hydrogen-bond donors (Lipinski definition) is 3. The predicted molar refractivity (Wildman–Crippen MR) is 158 cm³/mol. The lowest BCUT2D eigenvalue weighted by Crippen LogP contribution is -2.56. The molecule has 0 radical (unpaired) electrons. The Morgan fingerprint density at radius 2 is 1.37 bits per heavy atom. The van der Waals surface area contributed by atoms with E-state index >= 15 is 0 Å². The van der Waals surface area contributed by atoms with E-state index in [1.54, 1.807) is 18.2 Å². The fourth-order valence-electron chi connectivity index (χ4n) is 3.62. The van der Waals surface area contributed by atoms with Gasteiger partial charge in [-0.25, -0.2) is 0 Å². The quantitative estimate of drug-likeness (QED) is 0.0716. The maximum Gasteiger partial charge on any atom is 0.228 e. The largest absolute Gasteiger partial charge is 0.339 e. The van der Waals surface area contributed by atoms with E-state index in [9.17, 15) is 4.79 Å². The van der Waals surface area contributed by atoms with Crippen LogP contribution in [0.3, 0.4) is 0 Å². The van der Waals surface area contributed by atoms with E-state index in [-0.39, 0.29) is 11.0 Å². The molecule has 1 aromatic carbocycles. The van der Waals surface area contributed by atoms with Crippen molar-refractivity contribution in [2.75, 3.05) is 5.32 Å². The van der Waals surface area contributed by atoms with Crippen molar-refractivity contribution >= 4 is 86.9 Å². The van der Waals surface area contributed by atoms with Gasteiger partial charge in [0, 0.05) is 11.4 Å². The van der Waals surface area contributed by atoms with Gasteiger partial charge in [0.25, 0.3) is 0 Å². The Hall–Kier alpha value is -0.170. The Bertz CT molecular complexity index is 761. The summed E-state index contributed by atoms with van der Waals surface area (Å²) in [5.74, 6) is -0.204. The first-order valence-corrected chi connectivity index (χ1v) is 14.8. The zero-order valence-corrected chi connectivity index (χ0v) is 25.0. The molecule has 0 heterocycles. The number of thiocarbonyl (C=S) groups is 1. The normalized spacial score (nSPS) is 12.3. The fourth-order valence-corrected chi connectivity index (χ4v) is 4.63. The van der Waals surface area contributed by atoms with Crippen LogP contribution in [0.5, 0.6) is 0 Å². The molecule has 0 aliphatic carbocycles. The Morgan fingerprint density at radius 3 is 1.86 bits per heavy atom. The molecule has 1 aromatic rings. The van der Waals surface area contributed by atoms with E-state index in [0.29, 0.717) is 22.2 Å². The number of carbonyl (C=O) groups is 1. The van der Waals surface area contributed by atoms with Crippen molar-refractivity contribution in [2.45, 2.75) is 107 Å². The van der Waals surface area contributed by atoms with Gasteiger partial charge < -0.3 is 16.0 Å². The molecule has 0 spiro atoms. The molecule has 1 atom stereocenters. The molecule has 1 unspecified atom stereocenters. The Morgan fingerprint density at radius 1 is 0.857 bits per heavy atom. The summed E-state index contributed by atoms with van der Waals surface area (Å²) in [5.41, 5.74) is 0.537. The van der Waals surface area contributed by atoms with Crippen LogP contribution < -0.4 is 16.0 Å². The van der Waals surface area contributed by atoms with E-state index in [0.717, 1.165) is 19.3 Å². The predicted octanol–water partition coefficient (Wildman–Crippen LogP) is 9.57. The number of rotatable bonds is 17. The number of nitrogens with one attached hydrogen (secondary N) is 3. The van der Waals surface area contributed by atoms with Crippen molar-refractivity contribution in [1.82, 2.24) is 10.6 Å². The number of hydrogen-bond acceptors (Lipinski definition) is 2. The zero-order chi connectivity index (χ0) is 26.1. The third-order valence-electron chi connectivity index (χ3n) is 5.59. The van der Waals surface area contributed by atoms with E-state index in [1.165, 1.54) is 64.2 Å². The summed E-state index contributed by atoms with van der Waals surface area (Å²) >= 11 is 35.5. The number of alkyl halides is 3. The molecule has 1 rings (SSSR count). The van der Waals surface area contributed by atoms with E-state index in [2.05, 4.69) is 22.9 Å². The number of unbranched alkanes of at least 4 members (excludes halogenated alkanes) is 12. The molecule has 0 aliphatic heterocycles. The smallest absolute Gasteiger partial charge is 0.228 e. The maximum absolute atomic E-state index is 12.4. The highest BCUT2D eigenvalue weighted by Crippen LogP contribution is 2.30. The second-order valence-corrected chi connectivity index (χ2v) is 12.4. The molecule has 1 amide bonds. The third-order valence-corrected chi connectivity index (χ3v) is 7.02. The summed E-state index contributed by atoms with van der Waals surface area (Å²) < 4.78 is -1.80. The van der Waals surface area contributed by atoms with Crippen molar-refractivity contribution in [3.8, 4) is 0 Å². The molecule has 10 heteroatoms. The van der Waals surface area contributed by atoms with E-state index in [1.807, 2.05) is 0 Å². The van der Waals surface area contributed by atoms with Gasteiger partial charge in [0.15, 0.2) is 5.11 Å². The highest BCUT2D eigenvalue weighted by molar-refractivity contribution is 7.80. The van der Waals surface area contributed by atoms with Gasteiger partial charge in [0.1, 0.15) is 6.17 Å². The van der Waals surface area contributed by atoms with Crippen LogP contribution in [0.2, 0.25) is 10.0 Å². The van der Waals surface area contributed by atoms with E-state index < -0.39 is 9.96 Å². The highest BCUT2D eigenvalue weighted by Gasteiger charge is 2.34. The van der Waals surface area contributed by atoms with Crippen molar-refractivity contribution in [1.29, 1.82) is 0 Å². The molecule has 35 heavy (non-hydrogen) atoms. The molecule has 0 bridgehead atoms. The first-order valence-electron chi connectivity index (χ1n) is 12.5. The summed E-state index contributed by atoms with van der Waals surface area (Å²) in [5, 5.41) is 9.48. The van der Waals surface area contributed by atoms with Gasteiger partial charge in [0.2, 0.25) is 9.70 Å². The highest BCUT2D eigenvalue weighted by atomic mass is 35.6. The van der Waals surface area contributed by atoms with Gasteiger partial charge in [-0.3, -0.25) is 4.79 Å². The van der Waals surface area contributed by atoms with Crippen molar-refractivity contribution in [3.63, 3.8) is 0 Å². The Kier molecular flexibility index (Phi) is 17.8. The minimum Gasteiger partial charge on any atom is -0.339 e. The van der Waals surface area contributed by atoms with Crippen molar-refractivity contribution in [2.24, 2.45) is 0 Å². The number of benzene rings is 1. The summed E-state index contributed by atoms with van der Waals surface area (Å²) in [7, 11) is 0. The van der Waals surface area contributed by atoms with Crippen LogP contribution in [0.4, 0.5) is 5.69 Å². The van der Waals surface area contributed by atoms with Crippen LogP contribution in [-0.2, 0) is 4.79 Å². The second-order valence-electron chi connectivity index (χ2n) is 8.76. The van der Waals surface area contributed by atoms with Crippen molar-refractivity contribution in [3.05, 3.63) is 28.2 Å². The number of halogens is 5. The lowest BCUT2D eigenvalue weighted by Gasteiger charge is -2.28. The molecule has 3 N–H and O–H groups in total. The summed E-state index contributed by atoms with van der Waals surface area (Å²) in [6.07, 6.45) is 15.6.